The van der Waals surface area contributed by atoms with Crippen LogP contribution in [0.5, 0.6) is 11.5 Å². The molecule has 32 heavy (non-hydrogen) atoms. The molecule has 1 unspecified atom stereocenters. The van der Waals surface area contributed by atoms with E-state index in [1.165, 1.54) is 23.1 Å². The summed E-state index contributed by atoms with van der Waals surface area (Å²) < 4.78 is 30.2. The van der Waals surface area contributed by atoms with Gasteiger partial charge in [0.2, 0.25) is 6.73 Å². The van der Waals surface area contributed by atoms with Crippen LogP contribution in [0.1, 0.15) is 16.7 Å². The van der Waals surface area contributed by atoms with Gasteiger partial charge in [0.05, 0.1) is 7.11 Å². The summed E-state index contributed by atoms with van der Waals surface area (Å²) in [6.45, 7) is 3.89. The molecule has 1 aliphatic heterocycles. The van der Waals surface area contributed by atoms with E-state index in [0.29, 0.717) is 12.3 Å². The maximum Gasteiger partial charge on any atom is 0.336 e. The second-order valence-electron chi connectivity index (χ2n) is 8.09. The molecule has 5 nitrogen and oxygen atoms in total. The van der Waals surface area contributed by atoms with Crippen LogP contribution in [0.2, 0.25) is 0 Å². The van der Waals surface area contributed by atoms with Crippen molar-refractivity contribution in [3.8, 4) is 22.6 Å². The van der Waals surface area contributed by atoms with Gasteiger partial charge in [0.1, 0.15) is 36.0 Å². The van der Waals surface area contributed by atoms with E-state index in [9.17, 15) is 9.18 Å². The molecule has 0 radical (unpaired) electrons. The van der Waals surface area contributed by atoms with Crippen LogP contribution in [0.3, 0.4) is 0 Å². The van der Waals surface area contributed by atoms with Gasteiger partial charge in [-0.05, 0) is 48.4 Å². The summed E-state index contributed by atoms with van der Waals surface area (Å²) in [5.74, 6) is 1.29. The molecule has 2 heterocycles. The first-order chi connectivity index (χ1) is 15.5. The third kappa shape index (κ3) is 3.74. The van der Waals surface area contributed by atoms with Crippen LogP contribution in [0, 0.1) is 12.7 Å². The molecule has 0 aliphatic carbocycles. The number of methoxy groups -OCH3 is 1. The Hall–Kier alpha value is -3.64. The molecule has 6 heteroatoms. The van der Waals surface area contributed by atoms with Crippen LogP contribution in [-0.4, -0.2) is 13.8 Å². The predicted octanol–water partition coefficient (Wildman–Crippen LogP) is 3.85. The average Bonchev–Trinajstić information content (AvgIpc) is 2.81. The van der Waals surface area contributed by atoms with Gasteiger partial charge in [-0.1, -0.05) is 24.3 Å². The standard InChI is InChI=1S/C26H22FNO4/c1-16-25-19(14-28(15-31-25)13-17-3-7-20(27)8-4-17)11-23-22(12-24(29)32-26(16)23)18-5-9-21(30-2)10-6-18/h3-12H,13-15H2,1-2H3/p+1. The molecule has 5 rings (SSSR count). The number of quaternary nitrogens is 1. The summed E-state index contributed by atoms with van der Waals surface area (Å²) in [4.78, 5) is 13.6. The van der Waals surface area contributed by atoms with Crippen LogP contribution < -0.4 is 20.0 Å². The number of halogens is 1. The van der Waals surface area contributed by atoms with Gasteiger partial charge in [0.25, 0.3) is 0 Å². The highest BCUT2D eigenvalue weighted by Gasteiger charge is 2.25. The Balaban J connectivity index is 1.56. The Bertz CT molecular complexity index is 1340. The molecule has 4 aromatic rings. The molecule has 0 amide bonds. The fourth-order valence-electron chi connectivity index (χ4n) is 4.35. The highest BCUT2D eigenvalue weighted by atomic mass is 19.1. The van der Waals surface area contributed by atoms with E-state index in [1.54, 1.807) is 19.2 Å². The number of aryl methyl sites for hydroxylation is 1. The molecule has 0 spiro atoms. The Labute approximate surface area is 184 Å². The topological polar surface area (TPSA) is 53.1 Å². The molecule has 0 fully saturated rings. The monoisotopic (exact) mass is 432 g/mol. The predicted molar refractivity (Wildman–Crippen MR) is 119 cm³/mol. The summed E-state index contributed by atoms with van der Waals surface area (Å²) >= 11 is 0. The molecule has 0 saturated heterocycles. The van der Waals surface area contributed by atoms with Crippen LogP contribution >= 0.6 is 0 Å². The lowest BCUT2D eigenvalue weighted by atomic mass is 9.96. The van der Waals surface area contributed by atoms with Crippen molar-refractivity contribution in [1.29, 1.82) is 0 Å². The molecule has 3 aromatic carbocycles. The number of hydrogen-bond donors (Lipinski definition) is 1. The van der Waals surface area contributed by atoms with Gasteiger partial charge in [-0.15, -0.1) is 0 Å². The zero-order chi connectivity index (χ0) is 22.2. The summed E-state index contributed by atoms with van der Waals surface area (Å²) in [5.41, 5.74) is 4.81. The first kappa shape index (κ1) is 20.3. The number of fused-ring (bicyclic) bond motifs is 2. The van der Waals surface area contributed by atoms with Crippen LogP contribution in [-0.2, 0) is 13.1 Å². The van der Waals surface area contributed by atoms with E-state index >= 15 is 0 Å². The minimum absolute atomic E-state index is 0.237. The first-order valence-electron chi connectivity index (χ1n) is 10.5. The lowest BCUT2D eigenvalue weighted by molar-refractivity contribution is -0.945. The quantitative estimate of drug-likeness (QED) is 0.498. The average molecular weight is 432 g/mol. The Morgan fingerprint density at radius 2 is 1.81 bits per heavy atom. The number of benzene rings is 3. The van der Waals surface area contributed by atoms with E-state index in [1.807, 2.05) is 31.2 Å². The molecule has 1 aromatic heterocycles. The number of nitrogens with one attached hydrogen (secondary N) is 1. The fraction of sp³-hybridized carbons (Fsp3) is 0.192. The lowest BCUT2D eigenvalue weighted by Gasteiger charge is -2.28. The van der Waals surface area contributed by atoms with E-state index in [-0.39, 0.29) is 5.82 Å². The zero-order valence-corrected chi connectivity index (χ0v) is 17.9. The van der Waals surface area contributed by atoms with Gasteiger partial charge in [-0.25, -0.2) is 9.18 Å². The molecular weight excluding hydrogens is 409 g/mol. The number of rotatable bonds is 4. The molecule has 162 valence electrons. The minimum Gasteiger partial charge on any atom is -0.497 e. The van der Waals surface area contributed by atoms with Crippen molar-refractivity contribution in [2.45, 2.75) is 20.0 Å². The van der Waals surface area contributed by atoms with Crippen molar-refractivity contribution in [3.05, 3.63) is 93.6 Å². The highest BCUT2D eigenvalue weighted by molar-refractivity contribution is 5.96. The van der Waals surface area contributed by atoms with Crippen molar-refractivity contribution in [2.24, 2.45) is 0 Å². The third-order valence-electron chi connectivity index (χ3n) is 5.92. The lowest BCUT2D eigenvalue weighted by Crippen LogP contribution is -3.10. The van der Waals surface area contributed by atoms with Crippen molar-refractivity contribution < 1.29 is 23.2 Å². The van der Waals surface area contributed by atoms with Gasteiger partial charge < -0.3 is 13.9 Å². The molecule has 1 N–H and O–H groups in total. The second-order valence-corrected chi connectivity index (χ2v) is 8.09. The normalized spacial score (nSPS) is 15.3. The van der Waals surface area contributed by atoms with E-state index in [4.69, 9.17) is 13.9 Å². The van der Waals surface area contributed by atoms with E-state index < -0.39 is 5.63 Å². The van der Waals surface area contributed by atoms with E-state index in [2.05, 4.69) is 6.07 Å². The summed E-state index contributed by atoms with van der Waals surface area (Å²) in [6, 6.07) is 17.8. The van der Waals surface area contributed by atoms with Crippen molar-refractivity contribution in [2.75, 3.05) is 13.8 Å². The molecule has 1 aliphatic rings. The number of hydrogen-bond acceptors (Lipinski definition) is 4. The first-order valence-corrected chi connectivity index (χ1v) is 10.5. The molecular formula is C26H23FNO4+. The smallest absolute Gasteiger partial charge is 0.336 e. The zero-order valence-electron chi connectivity index (χ0n) is 17.9. The van der Waals surface area contributed by atoms with Gasteiger partial charge in [0, 0.05) is 28.1 Å². The maximum atomic E-state index is 13.2. The Kier molecular flexibility index (Phi) is 5.15. The fourth-order valence-corrected chi connectivity index (χ4v) is 4.35. The van der Waals surface area contributed by atoms with Crippen LogP contribution in [0.25, 0.3) is 22.1 Å². The van der Waals surface area contributed by atoms with Crippen molar-refractivity contribution in [3.63, 3.8) is 0 Å². The van der Waals surface area contributed by atoms with Crippen molar-refractivity contribution in [1.82, 2.24) is 0 Å². The van der Waals surface area contributed by atoms with Crippen LogP contribution in [0.15, 0.2) is 69.9 Å². The summed E-state index contributed by atoms with van der Waals surface area (Å²) in [7, 11) is 1.62. The van der Waals surface area contributed by atoms with E-state index in [0.717, 1.165) is 57.8 Å². The van der Waals surface area contributed by atoms with Crippen LogP contribution in [0.4, 0.5) is 4.39 Å². The van der Waals surface area contributed by atoms with Gasteiger partial charge in [-0.2, -0.15) is 0 Å². The molecule has 1 atom stereocenters. The van der Waals surface area contributed by atoms with Gasteiger partial charge >= 0.3 is 5.63 Å². The minimum atomic E-state index is -0.397. The second kappa shape index (κ2) is 8.13. The maximum absolute atomic E-state index is 13.2. The third-order valence-corrected chi connectivity index (χ3v) is 5.92. The Morgan fingerprint density at radius 1 is 1.06 bits per heavy atom. The SMILES string of the molecule is COc1ccc(-c2cc(=O)oc3c(C)c4c(cc23)C[NH+](Cc2ccc(F)cc2)CO4)cc1. The highest BCUT2D eigenvalue weighted by Crippen LogP contribution is 2.36. The Morgan fingerprint density at radius 3 is 2.53 bits per heavy atom. The van der Waals surface area contributed by atoms with Gasteiger partial charge in [0.15, 0.2) is 0 Å². The molecule has 0 saturated carbocycles. The molecule has 0 bridgehead atoms. The number of ether oxygens (including phenoxy) is 2. The summed E-state index contributed by atoms with van der Waals surface area (Å²) in [6.07, 6.45) is 0. The van der Waals surface area contributed by atoms with Crippen molar-refractivity contribution >= 4 is 11.0 Å². The largest absolute Gasteiger partial charge is 0.497 e. The summed E-state index contributed by atoms with van der Waals surface area (Å²) in [5, 5.41) is 0.873. The van der Waals surface area contributed by atoms with Gasteiger partial charge in [-0.3, -0.25) is 4.90 Å².